The Kier molecular flexibility index (Phi) is 8.43. The molecule has 6 nitrogen and oxygen atoms in total. The Morgan fingerprint density at radius 3 is 2.63 bits per heavy atom. The average molecular weight is 376 g/mol. The van der Waals surface area contributed by atoms with Crippen LogP contribution in [0.15, 0.2) is 29.3 Å². The number of guanidine groups is 1. The average Bonchev–Trinajstić information content (AvgIpc) is 2.70. The lowest BCUT2D eigenvalue weighted by Gasteiger charge is -2.33. The molecule has 1 aromatic rings. The molecule has 0 aliphatic carbocycles. The Morgan fingerprint density at radius 2 is 2.00 bits per heavy atom. The van der Waals surface area contributed by atoms with E-state index in [9.17, 15) is 4.79 Å². The Morgan fingerprint density at radius 1 is 1.30 bits per heavy atom. The number of nitrogens with one attached hydrogen (secondary N) is 1. The van der Waals surface area contributed by atoms with Crippen LogP contribution in [0.4, 0.5) is 0 Å². The molecule has 1 aliphatic rings. The predicted molar refractivity (Wildman–Crippen MR) is 108 cm³/mol. The lowest BCUT2D eigenvalue weighted by atomic mass is 9.97. The highest BCUT2D eigenvalue weighted by Gasteiger charge is 2.26. The number of nitrogens with zero attached hydrogens (tertiary/aromatic N) is 2. The fraction of sp³-hybridized carbons (Fsp3) is 0.619. The van der Waals surface area contributed by atoms with E-state index >= 15 is 0 Å². The van der Waals surface area contributed by atoms with Crippen molar-refractivity contribution in [2.45, 2.75) is 39.5 Å². The summed E-state index contributed by atoms with van der Waals surface area (Å²) in [5, 5.41) is 3.34. The van der Waals surface area contributed by atoms with Crippen molar-refractivity contribution in [2.24, 2.45) is 10.9 Å². The first kappa shape index (κ1) is 21.1. The molecule has 2 rings (SSSR count). The van der Waals surface area contributed by atoms with Crippen LogP contribution in [-0.4, -0.2) is 56.7 Å². The van der Waals surface area contributed by atoms with Gasteiger partial charge in [-0.05, 0) is 37.3 Å². The number of ether oxygens (including phenoxy) is 2. The van der Waals surface area contributed by atoms with E-state index in [1.54, 1.807) is 0 Å². The van der Waals surface area contributed by atoms with Crippen LogP contribution in [0, 0.1) is 5.92 Å². The molecule has 0 radical (unpaired) electrons. The van der Waals surface area contributed by atoms with Crippen molar-refractivity contribution in [3.63, 3.8) is 0 Å². The van der Waals surface area contributed by atoms with Gasteiger partial charge < -0.3 is 19.7 Å². The van der Waals surface area contributed by atoms with Crippen LogP contribution in [0.3, 0.4) is 0 Å². The van der Waals surface area contributed by atoms with Gasteiger partial charge in [0.25, 0.3) is 0 Å². The molecule has 0 unspecified atom stereocenters. The number of hydrogen-bond acceptors (Lipinski definition) is 4. The topological polar surface area (TPSA) is 63.2 Å². The molecule has 1 N–H and O–H groups in total. The number of esters is 1. The van der Waals surface area contributed by atoms with Crippen molar-refractivity contribution < 1.29 is 14.3 Å². The van der Waals surface area contributed by atoms with Gasteiger partial charge in [0.05, 0.1) is 19.6 Å². The maximum Gasteiger partial charge on any atom is 0.308 e. The molecule has 6 heteroatoms. The molecule has 1 saturated heterocycles. The minimum Gasteiger partial charge on any atom is -0.491 e. The molecular formula is C21H33N3O3. The summed E-state index contributed by atoms with van der Waals surface area (Å²) in [6.07, 6.45) is 1.60. The number of likely N-dealkylation sites (tertiary alicyclic amines) is 1. The Bertz CT molecular complexity index is 623. The summed E-state index contributed by atoms with van der Waals surface area (Å²) in [6, 6.07) is 8.17. The second-order valence-electron chi connectivity index (χ2n) is 7.06. The molecular weight excluding hydrogens is 342 g/mol. The van der Waals surface area contributed by atoms with E-state index in [1.165, 1.54) is 12.7 Å². The molecule has 0 saturated carbocycles. The second kappa shape index (κ2) is 10.8. The van der Waals surface area contributed by atoms with Crippen LogP contribution >= 0.6 is 0 Å². The predicted octanol–water partition coefficient (Wildman–Crippen LogP) is 3.04. The summed E-state index contributed by atoms with van der Waals surface area (Å²) >= 11 is 0. The molecule has 1 fully saturated rings. The molecule has 0 spiro atoms. The summed E-state index contributed by atoms with van der Waals surface area (Å²) in [6.45, 7) is 9.95. The van der Waals surface area contributed by atoms with Gasteiger partial charge in [-0.1, -0.05) is 32.0 Å². The summed E-state index contributed by atoms with van der Waals surface area (Å²) in [5.74, 6) is 2.16. The number of hydrogen-bond donors (Lipinski definition) is 1. The largest absolute Gasteiger partial charge is 0.491 e. The number of rotatable bonds is 7. The van der Waals surface area contributed by atoms with Crippen molar-refractivity contribution in [1.29, 1.82) is 0 Å². The number of methoxy groups -OCH3 is 1. The van der Waals surface area contributed by atoms with Crippen molar-refractivity contribution in [2.75, 3.05) is 39.9 Å². The zero-order valence-electron chi connectivity index (χ0n) is 17.0. The third-order valence-corrected chi connectivity index (χ3v) is 4.82. The lowest BCUT2D eigenvalue weighted by Crippen LogP contribution is -2.46. The first-order valence-corrected chi connectivity index (χ1v) is 9.89. The van der Waals surface area contributed by atoms with Crippen LogP contribution in [0.1, 0.15) is 45.1 Å². The van der Waals surface area contributed by atoms with Crippen LogP contribution in [-0.2, 0) is 9.53 Å². The number of piperidine rings is 1. The van der Waals surface area contributed by atoms with Gasteiger partial charge >= 0.3 is 5.97 Å². The maximum atomic E-state index is 11.7. The first-order valence-electron chi connectivity index (χ1n) is 9.89. The van der Waals surface area contributed by atoms with Gasteiger partial charge in [-0.3, -0.25) is 4.79 Å². The van der Waals surface area contributed by atoms with Crippen molar-refractivity contribution in [3.8, 4) is 5.75 Å². The van der Waals surface area contributed by atoms with E-state index < -0.39 is 0 Å². The number of aliphatic imine (C=N–C) groups is 1. The monoisotopic (exact) mass is 375 g/mol. The number of carbonyl (C=O) groups excluding carboxylic acids is 1. The molecule has 0 bridgehead atoms. The SMILES string of the molecule is CCNC(=NCCOc1ccccc1C(C)C)N1CCC(C(=O)OC)CC1. The highest BCUT2D eigenvalue weighted by Crippen LogP contribution is 2.25. The highest BCUT2D eigenvalue weighted by atomic mass is 16.5. The summed E-state index contributed by atoms with van der Waals surface area (Å²) in [5.41, 5.74) is 1.22. The second-order valence-corrected chi connectivity index (χ2v) is 7.06. The van der Waals surface area contributed by atoms with Gasteiger partial charge in [-0.25, -0.2) is 4.99 Å². The fourth-order valence-electron chi connectivity index (χ4n) is 3.32. The summed E-state index contributed by atoms with van der Waals surface area (Å²) in [4.78, 5) is 18.6. The zero-order chi connectivity index (χ0) is 19.6. The smallest absolute Gasteiger partial charge is 0.308 e. The third-order valence-electron chi connectivity index (χ3n) is 4.82. The zero-order valence-corrected chi connectivity index (χ0v) is 17.0. The first-order chi connectivity index (χ1) is 13.1. The molecule has 1 aromatic carbocycles. The van der Waals surface area contributed by atoms with Gasteiger partial charge in [0, 0.05) is 19.6 Å². The van der Waals surface area contributed by atoms with Crippen LogP contribution in [0.2, 0.25) is 0 Å². The van der Waals surface area contributed by atoms with E-state index in [2.05, 4.69) is 37.1 Å². The normalized spacial score (nSPS) is 15.7. The molecule has 27 heavy (non-hydrogen) atoms. The molecule has 0 atom stereocenters. The summed E-state index contributed by atoms with van der Waals surface area (Å²) < 4.78 is 10.8. The number of carbonyl (C=O) groups is 1. The van der Waals surface area contributed by atoms with E-state index in [1.807, 2.05) is 18.2 Å². The van der Waals surface area contributed by atoms with Crippen LogP contribution in [0.5, 0.6) is 5.75 Å². The Labute approximate surface area is 162 Å². The summed E-state index contributed by atoms with van der Waals surface area (Å²) in [7, 11) is 1.46. The van der Waals surface area contributed by atoms with Crippen LogP contribution < -0.4 is 10.1 Å². The van der Waals surface area contributed by atoms with Crippen LogP contribution in [0.25, 0.3) is 0 Å². The fourth-order valence-corrected chi connectivity index (χ4v) is 3.32. The molecule has 150 valence electrons. The van der Waals surface area contributed by atoms with Gasteiger partial charge in [0.1, 0.15) is 12.4 Å². The van der Waals surface area contributed by atoms with E-state index in [0.29, 0.717) is 19.1 Å². The van der Waals surface area contributed by atoms with Gasteiger partial charge in [-0.2, -0.15) is 0 Å². The van der Waals surface area contributed by atoms with Gasteiger partial charge in [0.2, 0.25) is 0 Å². The molecule has 1 heterocycles. The maximum absolute atomic E-state index is 11.7. The quantitative estimate of drug-likeness (QED) is 0.343. The van der Waals surface area contributed by atoms with Crippen molar-refractivity contribution >= 4 is 11.9 Å². The molecule has 1 aliphatic heterocycles. The van der Waals surface area contributed by atoms with Gasteiger partial charge in [0.15, 0.2) is 5.96 Å². The lowest BCUT2D eigenvalue weighted by molar-refractivity contribution is -0.146. The van der Waals surface area contributed by atoms with E-state index in [-0.39, 0.29) is 11.9 Å². The van der Waals surface area contributed by atoms with Gasteiger partial charge in [-0.15, -0.1) is 0 Å². The minimum atomic E-state index is -0.103. The highest BCUT2D eigenvalue weighted by molar-refractivity contribution is 5.80. The Hall–Kier alpha value is -2.24. The minimum absolute atomic E-state index is 0.00462. The molecule has 0 aromatic heterocycles. The number of para-hydroxylation sites is 1. The third kappa shape index (κ3) is 6.15. The van der Waals surface area contributed by atoms with E-state index in [4.69, 9.17) is 14.5 Å². The van der Waals surface area contributed by atoms with Crippen molar-refractivity contribution in [1.82, 2.24) is 10.2 Å². The van der Waals surface area contributed by atoms with Crippen molar-refractivity contribution in [3.05, 3.63) is 29.8 Å². The number of benzene rings is 1. The van der Waals surface area contributed by atoms with E-state index in [0.717, 1.165) is 44.2 Å². The standard InChI is InChI=1S/C21H33N3O3/c1-5-22-21(24-13-10-17(11-14-24)20(25)26-4)23-12-15-27-19-9-7-6-8-18(19)16(2)3/h6-9,16-17H,5,10-15H2,1-4H3,(H,22,23). The molecule has 0 amide bonds. The Balaban J connectivity index is 1.88.